The monoisotopic (exact) mass is 421 g/mol. The van der Waals surface area contributed by atoms with Crippen molar-refractivity contribution in [2.45, 2.75) is 51.5 Å². The van der Waals surface area contributed by atoms with E-state index in [-0.39, 0.29) is 0 Å². The molecule has 5 rings (SSSR count). The zero-order valence-electron chi connectivity index (χ0n) is 18.5. The number of anilines is 1. The van der Waals surface area contributed by atoms with Crippen LogP contribution >= 0.6 is 0 Å². The molecule has 0 bridgehead atoms. The summed E-state index contributed by atoms with van der Waals surface area (Å²) in [6, 6.07) is 1.99. The van der Waals surface area contributed by atoms with E-state index in [2.05, 4.69) is 31.6 Å². The van der Waals surface area contributed by atoms with E-state index in [4.69, 9.17) is 14.5 Å². The number of hydrogen-bond acceptors (Lipinski definition) is 7. The lowest BCUT2D eigenvalue weighted by Crippen LogP contribution is -2.34. The molecule has 2 saturated heterocycles. The van der Waals surface area contributed by atoms with Gasteiger partial charge in [-0.15, -0.1) is 0 Å². The second-order valence-corrected chi connectivity index (χ2v) is 8.85. The van der Waals surface area contributed by atoms with Crippen molar-refractivity contribution in [3.05, 3.63) is 41.9 Å². The van der Waals surface area contributed by atoms with E-state index >= 15 is 0 Å². The number of rotatable bonds is 5. The normalized spacial score (nSPS) is 18.6. The Kier molecular flexibility index (Phi) is 5.72. The maximum Gasteiger partial charge on any atom is 0.225 e. The van der Waals surface area contributed by atoms with E-state index in [0.29, 0.717) is 5.92 Å². The largest absolute Gasteiger partial charge is 0.356 e. The van der Waals surface area contributed by atoms with Crippen LogP contribution in [-0.2, 0) is 13.6 Å². The number of likely N-dealkylation sites (tertiary alicyclic amines) is 1. The van der Waals surface area contributed by atoms with Gasteiger partial charge in [-0.3, -0.25) is 4.90 Å². The van der Waals surface area contributed by atoms with Crippen LogP contribution in [0.2, 0.25) is 0 Å². The Morgan fingerprint density at radius 2 is 1.87 bits per heavy atom. The summed E-state index contributed by atoms with van der Waals surface area (Å²) in [7, 11) is 2.06. The first kappa shape index (κ1) is 20.2. The van der Waals surface area contributed by atoms with Crippen molar-refractivity contribution in [2.24, 2.45) is 7.05 Å². The van der Waals surface area contributed by atoms with E-state index in [1.54, 1.807) is 0 Å². The van der Waals surface area contributed by atoms with Crippen molar-refractivity contribution < 1.29 is 4.52 Å². The third-order valence-electron chi connectivity index (χ3n) is 6.60. The van der Waals surface area contributed by atoms with Crippen LogP contribution in [0, 0.1) is 6.92 Å². The van der Waals surface area contributed by atoms with Gasteiger partial charge in [-0.25, -0.2) is 15.0 Å². The molecule has 3 aromatic heterocycles. The van der Waals surface area contributed by atoms with Crippen LogP contribution in [0.25, 0.3) is 11.3 Å². The number of piperidine rings is 2. The van der Waals surface area contributed by atoms with Gasteiger partial charge < -0.3 is 14.0 Å². The molecule has 164 valence electrons. The predicted molar refractivity (Wildman–Crippen MR) is 119 cm³/mol. The van der Waals surface area contributed by atoms with Crippen LogP contribution in [0.3, 0.4) is 0 Å². The molecule has 2 fully saturated rings. The summed E-state index contributed by atoms with van der Waals surface area (Å²) < 4.78 is 7.71. The van der Waals surface area contributed by atoms with E-state index in [1.165, 1.54) is 19.3 Å². The molecule has 0 atom stereocenters. The zero-order chi connectivity index (χ0) is 21.2. The van der Waals surface area contributed by atoms with Crippen LogP contribution in [0.1, 0.15) is 55.2 Å². The topological polar surface area (TPSA) is 76.1 Å². The van der Waals surface area contributed by atoms with Gasteiger partial charge in [0.05, 0.1) is 23.5 Å². The summed E-state index contributed by atoms with van der Waals surface area (Å²) in [5.41, 5.74) is 2.98. The Balaban J connectivity index is 1.37. The Bertz CT molecular complexity index is 1010. The summed E-state index contributed by atoms with van der Waals surface area (Å²) >= 11 is 0. The smallest absolute Gasteiger partial charge is 0.225 e. The fourth-order valence-electron chi connectivity index (χ4n) is 4.74. The summed E-state index contributed by atoms with van der Waals surface area (Å²) in [6.45, 7) is 7.01. The van der Waals surface area contributed by atoms with Gasteiger partial charge in [-0.1, -0.05) is 5.16 Å². The second-order valence-electron chi connectivity index (χ2n) is 8.85. The molecule has 0 saturated carbocycles. The molecule has 2 aliphatic rings. The highest BCUT2D eigenvalue weighted by molar-refractivity contribution is 5.61. The van der Waals surface area contributed by atoms with Gasteiger partial charge in [-0.2, -0.15) is 0 Å². The number of nitrogens with zero attached hydrogens (tertiary/aromatic N) is 7. The summed E-state index contributed by atoms with van der Waals surface area (Å²) in [5.74, 6) is 3.15. The molecule has 0 spiro atoms. The number of aromatic nitrogens is 5. The van der Waals surface area contributed by atoms with Gasteiger partial charge in [0.15, 0.2) is 5.76 Å². The molecule has 2 aliphatic heterocycles. The highest BCUT2D eigenvalue weighted by Gasteiger charge is 2.27. The lowest BCUT2D eigenvalue weighted by molar-refractivity contribution is 0.197. The number of imidazole rings is 1. The molecular formula is C23H31N7O. The molecule has 0 amide bonds. The third kappa shape index (κ3) is 4.35. The fourth-order valence-corrected chi connectivity index (χ4v) is 4.74. The molecule has 0 aliphatic carbocycles. The minimum absolute atomic E-state index is 0.393. The molecule has 31 heavy (non-hydrogen) atoms. The molecule has 0 aromatic carbocycles. The van der Waals surface area contributed by atoms with E-state index in [9.17, 15) is 0 Å². The fraction of sp³-hybridized carbons (Fsp3) is 0.565. The third-order valence-corrected chi connectivity index (χ3v) is 6.60. The van der Waals surface area contributed by atoms with Crippen molar-refractivity contribution in [1.82, 2.24) is 29.6 Å². The van der Waals surface area contributed by atoms with Gasteiger partial charge in [0.25, 0.3) is 0 Å². The molecule has 0 radical (unpaired) electrons. The van der Waals surface area contributed by atoms with Crippen molar-refractivity contribution in [1.29, 1.82) is 0 Å². The molecule has 0 unspecified atom stereocenters. The van der Waals surface area contributed by atoms with Crippen LogP contribution in [-0.4, -0.2) is 55.8 Å². The first-order valence-corrected chi connectivity index (χ1v) is 11.4. The minimum Gasteiger partial charge on any atom is -0.356 e. The summed E-state index contributed by atoms with van der Waals surface area (Å²) in [4.78, 5) is 19.1. The molecule has 5 heterocycles. The lowest BCUT2D eigenvalue weighted by atomic mass is 9.90. The van der Waals surface area contributed by atoms with Crippen molar-refractivity contribution in [3.8, 4) is 11.3 Å². The highest BCUT2D eigenvalue weighted by Crippen LogP contribution is 2.35. The predicted octanol–water partition coefficient (Wildman–Crippen LogP) is 3.54. The zero-order valence-corrected chi connectivity index (χ0v) is 18.5. The van der Waals surface area contributed by atoms with Gasteiger partial charge in [-0.05, 0) is 52.1 Å². The maximum atomic E-state index is 5.61. The number of aryl methyl sites for hydroxylation is 2. The van der Waals surface area contributed by atoms with Crippen LogP contribution in [0.5, 0.6) is 0 Å². The van der Waals surface area contributed by atoms with E-state index in [1.807, 2.05) is 31.6 Å². The lowest BCUT2D eigenvalue weighted by Gasteiger charge is -2.33. The average molecular weight is 422 g/mol. The molecule has 8 heteroatoms. The van der Waals surface area contributed by atoms with Crippen molar-refractivity contribution >= 4 is 5.95 Å². The van der Waals surface area contributed by atoms with Crippen molar-refractivity contribution in [3.63, 3.8) is 0 Å². The molecular weight excluding hydrogens is 390 g/mol. The van der Waals surface area contributed by atoms with Gasteiger partial charge >= 0.3 is 0 Å². The van der Waals surface area contributed by atoms with Gasteiger partial charge in [0.1, 0.15) is 5.82 Å². The summed E-state index contributed by atoms with van der Waals surface area (Å²) in [6.07, 6.45) is 11.7. The van der Waals surface area contributed by atoms with E-state index < -0.39 is 0 Å². The minimum atomic E-state index is 0.393. The Hall–Kier alpha value is -2.74. The first-order valence-electron chi connectivity index (χ1n) is 11.4. The first-order chi connectivity index (χ1) is 15.2. The molecule has 3 aromatic rings. The van der Waals surface area contributed by atoms with Crippen molar-refractivity contribution in [2.75, 3.05) is 31.1 Å². The van der Waals surface area contributed by atoms with Gasteiger partial charge in [0.2, 0.25) is 5.95 Å². The standard InChI is InChI=1S/C23H31N7O/c1-17-14-20(31-27-17)19-15-25-23(30-9-4-3-5-10-30)26-22(19)18-6-11-29(12-7-18)16-21-24-8-13-28(21)2/h8,13-15,18H,3-7,9-12,16H2,1-2H3. The maximum absolute atomic E-state index is 5.61. The molecule has 0 N–H and O–H groups in total. The van der Waals surface area contributed by atoms with Crippen LogP contribution in [0.4, 0.5) is 5.95 Å². The SMILES string of the molecule is Cc1cc(-c2cnc(N3CCCCC3)nc2C2CCN(Cc3nccn3C)CC2)on1. The summed E-state index contributed by atoms with van der Waals surface area (Å²) in [5, 5.41) is 4.10. The quantitative estimate of drug-likeness (QED) is 0.624. The Morgan fingerprint density at radius 1 is 1.06 bits per heavy atom. The molecule has 8 nitrogen and oxygen atoms in total. The van der Waals surface area contributed by atoms with Gasteiger partial charge in [0, 0.05) is 50.7 Å². The second kappa shape index (κ2) is 8.78. The Morgan fingerprint density at radius 3 is 2.55 bits per heavy atom. The Labute approximate surface area is 183 Å². The number of hydrogen-bond donors (Lipinski definition) is 0. The van der Waals surface area contributed by atoms with Crippen LogP contribution < -0.4 is 4.90 Å². The average Bonchev–Trinajstić information content (AvgIpc) is 3.42. The van der Waals surface area contributed by atoms with Crippen LogP contribution in [0.15, 0.2) is 29.2 Å². The highest BCUT2D eigenvalue weighted by atomic mass is 16.5. The van der Waals surface area contributed by atoms with E-state index in [0.717, 1.165) is 80.0 Å².